The van der Waals surface area contributed by atoms with Crippen LogP contribution < -0.4 is 5.73 Å². The lowest BCUT2D eigenvalue weighted by molar-refractivity contribution is 0.196. The Morgan fingerprint density at radius 1 is 1.20 bits per heavy atom. The van der Waals surface area contributed by atoms with Gasteiger partial charge >= 0.3 is 0 Å². The van der Waals surface area contributed by atoms with Gasteiger partial charge in [0.15, 0.2) is 0 Å². The summed E-state index contributed by atoms with van der Waals surface area (Å²) < 4.78 is 27.1. The van der Waals surface area contributed by atoms with Crippen LogP contribution in [-0.4, -0.2) is 50.3 Å². The Bertz CT molecular complexity index is 564. The average molecular weight is 297 g/mol. The van der Waals surface area contributed by atoms with Gasteiger partial charge < -0.3 is 10.6 Å². The molecule has 0 unspecified atom stereocenters. The number of aryl methyl sites for hydroxylation is 1. The molecule has 0 saturated carbocycles. The van der Waals surface area contributed by atoms with Crippen LogP contribution >= 0.6 is 0 Å². The monoisotopic (exact) mass is 297 g/mol. The lowest BCUT2D eigenvalue weighted by Crippen LogP contribution is -2.48. The van der Waals surface area contributed by atoms with Gasteiger partial charge in [-0.15, -0.1) is 0 Å². The molecule has 1 aliphatic heterocycles. The molecule has 0 aromatic heterocycles. The topological polar surface area (TPSA) is 66.6 Å². The van der Waals surface area contributed by atoms with Gasteiger partial charge in [-0.3, -0.25) is 0 Å². The third-order valence-corrected chi connectivity index (χ3v) is 5.93. The molecule has 1 saturated heterocycles. The van der Waals surface area contributed by atoms with Gasteiger partial charge in [-0.05, 0) is 30.7 Å². The quantitative estimate of drug-likeness (QED) is 0.892. The van der Waals surface area contributed by atoms with E-state index in [2.05, 4.69) is 11.8 Å². The number of hydrogen-bond acceptors (Lipinski definition) is 4. The summed E-state index contributed by atoms with van der Waals surface area (Å²) in [7, 11) is -3.41. The molecule has 0 atom stereocenters. The van der Waals surface area contributed by atoms with E-state index >= 15 is 0 Å². The van der Waals surface area contributed by atoms with Crippen LogP contribution in [0.25, 0.3) is 0 Å². The van der Waals surface area contributed by atoms with Crippen LogP contribution in [0.5, 0.6) is 0 Å². The molecular weight excluding hydrogens is 274 g/mol. The highest BCUT2D eigenvalue weighted by molar-refractivity contribution is 7.89. The minimum atomic E-state index is -3.41. The van der Waals surface area contributed by atoms with Crippen molar-refractivity contribution in [3.63, 3.8) is 0 Å². The van der Waals surface area contributed by atoms with Crippen LogP contribution in [-0.2, 0) is 16.6 Å². The summed E-state index contributed by atoms with van der Waals surface area (Å²) in [5, 5.41) is 0. The molecule has 2 N–H and O–H groups in total. The van der Waals surface area contributed by atoms with E-state index < -0.39 is 10.0 Å². The normalized spacial score (nSPS) is 18.4. The van der Waals surface area contributed by atoms with Crippen molar-refractivity contribution in [2.24, 2.45) is 5.73 Å². The van der Waals surface area contributed by atoms with Gasteiger partial charge in [-0.2, -0.15) is 4.31 Å². The molecule has 20 heavy (non-hydrogen) atoms. The summed E-state index contributed by atoms with van der Waals surface area (Å²) in [6.45, 7) is 7.96. The zero-order valence-electron chi connectivity index (χ0n) is 12.2. The molecule has 5 nitrogen and oxygen atoms in total. The minimum Gasteiger partial charge on any atom is -0.326 e. The fraction of sp³-hybridized carbons (Fsp3) is 0.571. The van der Waals surface area contributed by atoms with Gasteiger partial charge in [0.1, 0.15) is 0 Å². The van der Waals surface area contributed by atoms with Crippen LogP contribution in [0.3, 0.4) is 0 Å². The second kappa shape index (κ2) is 6.22. The lowest BCUT2D eigenvalue weighted by Gasteiger charge is -2.33. The van der Waals surface area contributed by atoms with E-state index in [-0.39, 0.29) is 0 Å². The standard InChI is InChI=1S/C14H23N3O2S/c1-3-16-6-8-17(9-7-16)20(18,19)14-10-13(11-15)5-4-12(14)2/h4-5,10H,3,6-9,11,15H2,1-2H3. The first-order chi connectivity index (χ1) is 9.48. The number of likely N-dealkylation sites (N-methyl/N-ethyl adjacent to an activating group) is 1. The third-order valence-electron chi connectivity index (χ3n) is 3.88. The first kappa shape index (κ1) is 15.4. The number of hydrogen-bond donors (Lipinski definition) is 1. The largest absolute Gasteiger partial charge is 0.326 e. The Morgan fingerprint density at radius 3 is 2.40 bits per heavy atom. The molecule has 1 aromatic carbocycles. The van der Waals surface area contributed by atoms with Crippen molar-refractivity contribution < 1.29 is 8.42 Å². The Morgan fingerprint density at radius 2 is 1.85 bits per heavy atom. The first-order valence-electron chi connectivity index (χ1n) is 7.01. The molecule has 1 aliphatic rings. The number of rotatable bonds is 4. The Labute approximate surface area is 121 Å². The van der Waals surface area contributed by atoms with Gasteiger partial charge in [0.25, 0.3) is 0 Å². The Kier molecular flexibility index (Phi) is 4.80. The highest BCUT2D eigenvalue weighted by Crippen LogP contribution is 2.22. The molecular formula is C14H23N3O2S. The van der Waals surface area contributed by atoms with Gasteiger partial charge in [-0.1, -0.05) is 19.1 Å². The minimum absolute atomic E-state index is 0.354. The molecule has 1 aromatic rings. The zero-order valence-corrected chi connectivity index (χ0v) is 13.0. The number of piperazine rings is 1. The van der Waals surface area contributed by atoms with E-state index in [9.17, 15) is 8.42 Å². The highest BCUT2D eigenvalue weighted by atomic mass is 32.2. The van der Waals surface area contributed by atoms with Crippen molar-refractivity contribution >= 4 is 10.0 Å². The fourth-order valence-electron chi connectivity index (χ4n) is 2.47. The molecule has 2 rings (SSSR count). The Balaban J connectivity index is 2.27. The summed E-state index contributed by atoms with van der Waals surface area (Å²) in [5.74, 6) is 0. The predicted molar refractivity (Wildman–Crippen MR) is 79.9 cm³/mol. The van der Waals surface area contributed by atoms with Crippen molar-refractivity contribution in [3.8, 4) is 0 Å². The van der Waals surface area contributed by atoms with Gasteiger partial charge in [0.2, 0.25) is 10.0 Å². The van der Waals surface area contributed by atoms with Crippen LogP contribution in [0.4, 0.5) is 0 Å². The SMILES string of the molecule is CCN1CCN(S(=O)(=O)c2cc(CN)ccc2C)CC1. The molecule has 6 heteroatoms. The molecule has 112 valence electrons. The smallest absolute Gasteiger partial charge is 0.243 e. The van der Waals surface area contributed by atoms with E-state index in [1.54, 1.807) is 10.4 Å². The molecule has 0 bridgehead atoms. The van der Waals surface area contributed by atoms with E-state index in [1.165, 1.54) is 0 Å². The second-order valence-electron chi connectivity index (χ2n) is 5.14. The summed E-state index contributed by atoms with van der Waals surface area (Å²) in [6.07, 6.45) is 0. The van der Waals surface area contributed by atoms with Gasteiger partial charge in [-0.25, -0.2) is 8.42 Å². The maximum absolute atomic E-state index is 12.7. The maximum Gasteiger partial charge on any atom is 0.243 e. The second-order valence-corrected chi connectivity index (χ2v) is 7.05. The molecule has 0 radical (unpaired) electrons. The van der Waals surface area contributed by atoms with E-state index in [1.807, 2.05) is 19.1 Å². The average Bonchev–Trinajstić information content (AvgIpc) is 2.47. The van der Waals surface area contributed by atoms with Crippen molar-refractivity contribution in [2.45, 2.75) is 25.3 Å². The van der Waals surface area contributed by atoms with E-state index in [0.29, 0.717) is 24.5 Å². The summed E-state index contributed by atoms with van der Waals surface area (Å²) in [6, 6.07) is 5.41. The predicted octanol–water partition coefficient (Wildman–Crippen LogP) is 0.780. The van der Waals surface area contributed by atoms with Gasteiger partial charge in [0.05, 0.1) is 4.90 Å². The van der Waals surface area contributed by atoms with Crippen LogP contribution in [0.2, 0.25) is 0 Å². The number of benzene rings is 1. The molecule has 0 amide bonds. The van der Waals surface area contributed by atoms with Crippen LogP contribution in [0.15, 0.2) is 23.1 Å². The number of nitrogens with zero attached hydrogens (tertiary/aromatic N) is 2. The van der Waals surface area contributed by atoms with Gasteiger partial charge in [0, 0.05) is 32.7 Å². The maximum atomic E-state index is 12.7. The first-order valence-corrected chi connectivity index (χ1v) is 8.45. The van der Waals surface area contributed by atoms with Crippen LogP contribution in [0, 0.1) is 6.92 Å². The molecule has 1 heterocycles. The molecule has 0 aliphatic carbocycles. The summed E-state index contributed by atoms with van der Waals surface area (Å²) in [5.41, 5.74) is 7.24. The van der Waals surface area contributed by atoms with E-state index in [0.717, 1.165) is 30.8 Å². The number of nitrogens with two attached hydrogens (primary N) is 1. The zero-order chi connectivity index (χ0) is 14.8. The van der Waals surface area contributed by atoms with Crippen LogP contribution in [0.1, 0.15) is 18.1 Å². The number of sulfonamides is 1. The molecule has 1 fully saturated rings. The fourth-order valence-corrected chi connectivity index (χ4v) is 4.17. The van der Waals surface area contributed by atoms with Crippen molar-refractivity contribution in [2.75, 3.05) is 32.7 Å². The van der Waals surface area contributed by atoms with E-state index in [4.69, 9.17) is 5.73 Å². The third kappa shape index (κ3) is 3.03. The lowest BCUT2D eigenvalue weighted by atomic mass is 10.1. The Hall–Kier alpha value is -0.950. The summed E-state index contributed by atoms with van der Waals surface area (Å²) >= 11 is 0. The van der Waals surface area contributed by atoms with Crippen molar-refractivity contribution in [1.29, 1.82) is 0 Å². The van der Waals surface area contributed by atoms with Crippen molar-refractivity contribution in [3.05, 3.63) is 29.3 Å². The van der Waals surface area contributed by atoms with Crippen molar-refractivity contribution in [1.82, 2.24) is 9.21 Å². The highest BCUT2D eigenvalue weighted by Gasteiger charge is 2.29. The summed E-state index contributed by atoms with van der Waals surface area (Å²) in [4.78, 5) is 2.65. The molecule has 0 spiro atoms.